The number of benzene rings is 2. The molecule has 0 bridgehead atoms. The lowest BCUT2D eigenvalue weighted by Crippen LogP contribution is -2.11. The zero-order valence-corrected chi connectivity index (χ0v) is 12.8. The van der Waals surface area contributed by atoms with Crippen LogP contribution in [0.3, 0.4) is 0 Å². The Balaban J connectivity index is 1.47. The summed E-state index contributed by atoms with van der Waals surface area (Å²) in [4.78, 5) is 16.4. The molecule has 0 fully saturated rings. The Bertz CT molecular complexity index is 970. The molecule has 0 aliphatic heterocycles. The number of nitrogens with one attached hydrogen (secondary N) is 2. The average Bonchev–Trinajstić information content (AvgIpc) is 3.26. The molecule has 0 radical (unpaired) electrons. The highest BCUT2D eigenvalue weighted by molar-refractivity contribution is 6.05. The van der Waals surface area contributed by atoms with Crippen LogP contribution >= 0.6 is 0 Å². The molecule has 2 N–H and O–H groups in total. The van der Waals surface area contributed by atoms with E-state index in [1.165, 1.54) is 0 Å². The molecule has 2 aromatic heterocycles. The van der Waals surface area contributed by atoms with Crippen molar-refractivity contribution in [2.24, 2.45) is 0 Å². The molecular weight excluding hydrogens is 302 g/mol. The van der Waals surface area contributed by atoms with E-state index < -0.39 is 0 Å². The molecule has 4 rings (SSSR count). The van der Waals surface area contributed by atoms with E-state index in [-0.39, 0.29) is 5.91 Å². The minimum absolute atomic E-state index is 0.136. The maximum Gasteiger partial charge on any atom is 0.255 e. The predicted octanol–water partition coefficient (Wildman–Crippen LogP) is 3.06. The summed E-state index contributed by atoms with van der Waals surface area (Å²) in [5.41, 5.74) is 3.36. The summed E-state index contributed by atoms with van der Waals surface area (Å²) >= 11 is 0. The van der Waals surface area contributed by atoms with Crippen molar-refractivity contribution in [3.8, 4) is 0 Å². The van der Waals surface area contributed by atoms with Gasteiger partial charge in [0.05, 0.1) is 18.0 Å². The molecule has 0 aliphatic rings. The van der Waals surface area contributed by atoms with Crippen molar-refractivity contribution in [3.63, 3.8) is 0 Å². The Morgan fingerprint density at radius 1 is 1.17 bits per heavy atom. The van der Waals surface area contributed by atoms with E-state index in [4.69, 9.17) is 0 Å². The number of carbonyl (C=O) groups excluding carboxylic acids is 1. The van der Waals surface area contributed by atoms with Gasteiger partial charge in [-0.1, -0.05) is 12.1 Å². The molecule has 0 spiro atoms. The molecule has 0 aliphatic carbocycles. The number of nitrogens with zero attached hydrogens (tertiary/aromatic N) is 3. The number of imidazole rings is 1. The van der Waals surface area contributed by atoms with E-state index in [2.05, 4.69) is 20.5 Å². The summed E-state index contributed by atoms with van der Waals surface area (Å²) in [7, 11) is 0. The highest BCUT2D eigenvalue weighted by Crippen LogP contribution is 2.17. The first-order valence-corrected chi connectivity index (χ1v) is 7.57. The summed E-state index contributed by atoms with van der Waals surface area (Å²) < 4.78 is 1.98. The Morgan fingerprint density at radius 2 is 2.04 bits per heavy atom. The number of aromatic nitrogens is 4. The van der Waals surface area contributed by atoms with Crippen molar-refractivity contribution in [2.45, 2.75) is 6.54 Å². The highest BCUT2D eigenvalue weighted by Gasteiger charge is 2.07. The second-order valence-corrected chi connectivity index (χ2v) is 5.56. The smallest absolute Gasteiger partial charge is 0.255 e. The molecular formula is C18H15N5O. The summed E-state index contributed by atoms with van der Waals surface area (Å²) in [6.07, 6.45) is 7.18. The normalized spacial score (nSPS) is 10.8. The molecule has 2 aromatic carbocycles. The second-order valence-electron chi connectivity index (χ2n) is 5.56. The fraction of sp³-hybridized carbons (Fsp3) is 0.0556. The van der Waals surface area contributed by atoms with E-state index >= 15 is 0 Å². The standard InChI is InChI=1S/C18H15N5O/c24-18(21-16-6-5-15-10-20-22-17(15)9-16)14-3-1-13(2-4-14)11-23-8-7-19-12-23/h1-10,12H,11H2,(H,20,22)(H,21,24). The maximum atomic E-state index is 12.4. The molecule has 0 saturated heterocycles. The van der Waals surface area contributed by atoms with Gasteiger partial charge in [-0.25, -0.2) is 4.98 Å². The van der Waals surface area contributed by atoms with Gasteiger partial charge in [-0.3, -0.25) is 9.89 Å². The molecule has 1 amide bonds. The number of fused-ring (bicyclic) bond motifs is 1. The van der Waals surface area contributed by atoms with Gasteiger partial charge in [0.1, 0.15) is 0 Å². The molecule has 2 heterocycles. The van der Waals surface area contributed by atoms with Crippen LogP contribution in [0.4, 0.5) is 5.69 Å². The monoisotopic (exact) mass is 317 g/mol. The number of aromatic amines is 1. The van der Waals surface area contributed by atoms with Gasteiger partial charge in [-0.2, -0.15) is 5.10 Å². The average molecular weight is 317 g/mol. The largest absolute Gasteiger partial charge is 0.333 e. The number of rotatable bonds is 4. The predicted molar refractivity (Wildman–Crippen MR) is 91.8 cm³/mol. The molecule has 4 aromatic rings. The van der Waals surface area contributed by atoms with Crippen LogP contribution in [0.1, 0.15) is 15.9 Å². The molecule has 0 atom stereocenters. The molecule has 24 heavy (non-hydrogen) atoms. The summed E-state index contributed by atoms with van der Waals surface area (Å²) in [5, 5.41) is 10.8. The van der Waals surface area contributed by atoms with Crippen LogP contribution in [0, 0.1) is 0 Å². The quantitative estimate of drug-likeness (QED) is 0.607. The van der Waals surface area contributed by atoms with Gasteiger partial charge in [0, 0.05) is 35.6 Å². The van der Waals surface area contributed by atoms with Crippen LogP contribution in [0.2, 0.25) is 0 Å². The second kappa shape index (κ2) is 6.00. The van der Waals surface area contributed by atoms with Gasteiger partial charge >= 0.3 is 0 Å². The van der Waals surface area contributed by atoms with Crippen LogP contribution in [0.5, 0.6) is 0 Å². The SMILES string of the molecule is O=C(Nc1ccc2cn[nH]c2c1)c1ccc(Cn2ccnc2)cc1. The Morgan fingerprint density at radius 3 is 2.83 bits per heavy atom. The van der Waals surface area contributed by atoms with E-state index in [9.17, 15) is 4.79 Å². The van der Waals surface area contributed by atoms with Crippen molar-refractivity contribution in [1.82, 2.24) is 19.7 Å². The zero-order valence-electron chi connectivity index (χ0n) is 12.8. The lowest BCUT2D eigenvalue weighted by atomic mass is 10.1. The number of anilines is 1. The summed E-state index contributed by atoms with van der Waals surface area (Å²) in [6.45, 7) is 0.735. The number of carbonyl (C=O) groups is 1. The third-order valence-corrected chi connectivity index (χ3v) is 3.84. The van der Waals surface area contributed by atoms with E-state index in [0.29, 0.717) is 5.56 Å². The molecule has 6 nitrogen and oxygen atoms in total. The fourth-order valence-electron chi connectivity index (χ4n) is 2.57. The van der Waals surface area contributed by atoms with Gasteiger partial charge < -0.3 is 9.88 Å². The Labute approximate surface area is 138 Å². The van der Waals surface area contributed by atoms with Crippen LogP contribution in [0.25, 0.3) is 10.9 Å². The van der Waals surface area contributed by atoms with Gasteiger partial charge in [-0.15, -0.1) is 0 Å². The van der Waals surface area contributed by atoms with Crippen molar-refractivity contribution in [2.75, 3.05) is 5.32 Å². The van der Waals surface area contributed by atoms with Gasteiger partial charge in [0.25, 0.3) is 5.91 Å². The van der Waals surface area contributed by atoms with Crippen LogP contribution < -0.4 is 5.32 Å². The number of H-pyrrole nitrogens is 1. The number of hydrogen-bond donors (Lipinski definition) is 2. The van der Waals surface area contributed by atoms with Gasteiger partial charge in [0.2, 0.25) is 0 Å². The van der Waals surface area contributed by atoms with Gasteiger partial charge in [-0.05, 0) is 35.9 Å². The van der Waals surface area contributed by atoms with Crippen LogP contribution in [-0.4, -0.2) is 25.7 Å². The van der Waals surface area contributed by atoms with E-state index in [1.807, 2.05) is 53.2 Å². The Kier molecular flexibility index (Phi) is 3.55. The summed E-state index contributed by atoms with van der Waals surface area (Å²) in [6, 6.07) is 13.2. The molecule has 0 unspecified atom stereocenters. The van der Waals surface area contributed by atoms with Crippen molar-refractivity contribution in [3.05, 3.63) is 78.5 Å². The molecule has 118 valence electrons. The molecule has 6 heteroatoms. The number of hydrogen-bond acceptors (Lipinski definition) is 3. The highest BCUT2D eigenvalue weighted by atomic mass is 16.1. The lowest BCUT2D eigenvalue weighted by Gasteiger charge is -2.07. The van der Waals surface area contributed by atoms with E-state index in [1.54, 1.807) is 18.7 Å². The topological polar surface area (TPSA) is 75.6 Å². The third kappa shape index (κ3) is 2.89. The Hall–Kier alpha value is -3.41. The van der Waals surface area contributed by atoms with Crippen molar-refractivity contribution in [1.29, 1.82) is 0 Å². The van der Waals surface area contributed by atoms with Crippen molar-refractivity contribution < 1.29 is 4.79 Å². The van der Waals surface area contributed by atoms with Crippen LogP contribution in [-0.2, 0) is 6.54 Å². The number of amides is 1. The zero-order chi connectivity index (χ0) is 16.4. The fourth-order valence-corrected chi connectivity index (χ4v) is 2.57. The first-order chi connectivity index (χ1) is 11.8. The third-order valence-electron chi connectivity index (χ3n) is 3.84. The lowest BCUT2D eigenvalue weighted by molar-refractivity contribution is 0.102. The van der Waals surface area contributed by atoms with E-state index in [0.717, 1.165) is 28.7 Å². The van der Waals surface area contributed by atoms with Crippen LogP contribution in [0.15, 0.2) is 67.4 Å². The minimum atomic E-state index is -0.136. The van der Waals surface area contributed by atoms with Crippen molar-refractivity contribution >= 4 is 22.5 Å². The molecule has 0 saturated carbocycles. The maximum absolute atomic E-state index is 12.4. The van der Waals surface area contributed by atoms with Gasteiger partial charge in [0.15, 0.2) is 0 Å². The minimum Gasteiger partial charge on any atom is -0.333 e. The first-order valence-electron chi connectivity index (χ1n) is 7.57. The first kappa shape index (κ1) is 14.2. The summed E-state index contributed by atoms with van der Waals surface area (Å²) in [5.74, 6) is -0.136.